The minimum absolute atomic E-state index is 0.348. The third kappa shape index (κ3) is 13.1. The predicted octanol–water partition coefficient (Wildman–Crippen LogP) is 14.9. The second-order valence-electron chi connectivity index (χ2n) is 19.0. The van der Waals surface area contributed by atoms with Crippen LogP contribution in [-0.4, -0.2) is 6.71 Å². The minimum atomic E-state index is 0.348. The molecule has 0 radical (unpaired) electrons. The molecule has 0 atom stereocenters. The third-order valence-electron chi connectivity index (χ3n) is 13.1. The van der Waals surface area contributed by atoms with E-state index in [0.717, 1.165) is 12.8 Å². The Bertz CT molecular complexity index is 2750. The first-order valence-corrected chi connectivity index (χ1v) is 23.8. The Kier molecular flexibility index (Phi) is 16.8. The molecule has 66 heavy (non-hydrogen) atoms. The molecule has 0 unspecified atom stereocenters. The van der Waals surface area contributed by atoms with E-state index in [1.54, 1.807) is 0 Å². The molecule has 0 bridgehead atoms. The van der Waals surface area contributed by atoms with E-state index >= 15 is 0 Å². The number of fused-ring (bicyclic) bond motifs is 2. The highest BCUT2D eigenvalue weighted by molar-refractivity contribution is 6.97. The van der Waals surface area contributed by atoms with Gasteiger partial charge in [0.05, 0.1) is 0 Å². The Morgan fingerprint density at radius 1 is 0.364 bits per heavy atom. The van der Waals surface area contributed by atoms with Gasteiger partial charge in [-0.3, -0.25) is 0 Å². The molecule has 0 saturated heterocycles. The second-order valence-corrected chi connectivity index (χ2v) is 19.0. The quantitative estimate of drug-likeness (QED) is 0.119. The van der Waals surface area contributed by atoms with Crippen LogP contribution in [0.4, 0.5) is 0 Å². The number of hydrogen-bond acceptors (Lipinski definition) is 0. The maximum absolute atomic E-state index is 2.39. The number of rotatable bonds is 5. The summed E-state index contributed by atoms with van der Waals surface area (Å²) >= 11 is 0. The summed E-state index contributed by atoms with van der Waals surface area (Å²) in [5, 5.41) is 0. The highest BCUT2D eigenvalue weighted by Gasteiger charge is 2.33. The fraction of sp³-hybridized carbons (Fsp3) is 0.231. The summed E-state index contributed by atoms with van der Waals surface area (Å²) in [6.45, 7) is 28.8. The van der Waals surface area contributed by atoms with E-state index in [-0.39, 0.29) is 0 Å². The van der Waals surface area contributed by atoms with Crippen molar-refractivity contribution in [1.82, 2.24) is 0 Å². The zero-order valence-corrected chi connectivity index (χ0v) is 42.2. The van der Waals surface area contributed by atoms with E-state index in [0.29, 0.717) is 6.71 Å². The molecule has 0 aliphatic carbocycles. The summed E-state index contributed by atoms with van der Waals surface area (Å²) in [4.78, 5) is 0. The molecule has 0 N–H and O–H groups in total. The van der Waals surface area contributed by atoms with Crippen molar-refractivity contribution in [2.45, 2.75) is 103 Å². The van der Waals surface area contributed by atoms with Gasteiger partial charge in [-0.15, -0.1) is 0 Å². The normalized spacial score (nSPS) is 11.3. The van der Waals surface area contributed by atoms with Gasteiger partial charge in [0.2, 0.25) is 6.71 Å². The maximum atomic E-state index is 2.39. The first-order valence-electron chi connectivity index (χ1n) is 23.8. The van der Waals surface area contributed by atoms with Crippen molar-refractivity contribution in [1.29, 1.82) is 0 Å². The molecular formula is C65H71B. The molecule has 8 aromatic rings. The van der Waals surface area contributed by atoms with Gasteiger partial charge >= 0.3 is 0 Å². The van der Waals surface area contributed by atoms with Gasteiger partial charge in [-0.05, 0) is 164 Å². The molecule has 0 saturated carbocycles. The van der Waals surface area contributed by atoms with E-state index < -0.39 is 0 Å². The molecule has 1 aliphatic heterocycles. The standard InChI is InChI=1S/C24H25B.C17H20.C14H12.C10H14/c1-15-6-8-22(9-7-15)25-23-18(4)10-16(2)12-20(23)14-21-13-17(3)11-19(5)24(21)25;1-12-5-7-16(8-6-12)11-17-14(3)9-13(2)10-15(17)4;1-3-7-13(8-4-1)11-12-14-9-5-2-6-10-14;1-7-5-8(2)10(4)9(3)6-7/h6-13H,14H2,1-5H3;5-10H,11H2,1-4H3;1-12H;5-6H,1-4H3. The molecule has 334 valence electrons. The zero-order chi connectivity index (χ0) is 47.5. The van der Waals surface area contributed by atoms with Crippen molar-refractivity contribution in [2.24, 2.45) is 0 Å². The highest BCUT2D eigenvalue weighted by Crippen LogP contribution is 2.23. The molecule has 9 rings (SSSR count). The maximum Gasteiger partial charge on any atom is 0.242 e. The van der Waals surface area contributed by atoms with Crippen LogP contribution in [0, 0.1) is 90.0 Å². The molecule has 0 spiro atoms. The lowest BCUT2D eigenvalue weighted by Gasteiger charge is -2.31. The van der Waals surface area contributed by atoms with Gasteiger partial charge in [0.15, 0.2) is 0 Å². The van der Waals surface area contributed by atoms with Crippen molar-refractivity contribution < 1.29 is 0 Å². The van der Waals surface area contributed by atoms with Crippen molar-refractivity contribution in [3.05, 3.63) is 263 Å². The fourth-order valence-electron chi connectivity index (χ4n) is 9.67. The summed E-state index contributed by atoms with van der Waals surface area (Å²) in [7, 11) is 0. The van der Waals surface area contributed by atoms with Gasteiger partial charge in [0.1, 0.15) is 0 Å². The van der Waals surface area contributed by atoms with E-state index in [2.05, 4.69) is 223 Å². The molecule has 0 amide bonds. The number of hydrogen-bond donors (Lipinski definition) is 0. The van der Waals surface area contributed by atoms with Gasteiger partial charge in [0, 0.05) is 0 Å². The topological polar surface area (TPSA) is 0 Å². The smallest absolute Gasteiger partial charge is 0.0686 e. The van der Waals surface area contributed by atoms with Crippen molar-refractivity contribution >= 4 is 35.3 Å². The minimum Gasteiger partial charge on any atom is -0.0686 e. The molecule has 1 heteroatoms. The van der Waals surface area contributed by atoms with Crippen LogP contribution in [0.1, 0.15) is 106 Å². The van der Waals surface area contributed by atoms with Crippen LogP contribution in [0.3, 0.4) is 0 Å². The summed E-state index contributed by atoms with van der Waals surface area (Å²) in [6.07, 6.45) is 6.33. The number of benzene rings is 8. The molecule has 0 fully saturated rings. The lowest BCUT2D eigenvalue weighted by molar-refractivity contribution is 1.11. The summed E-state index contributed by atoms with van der Waals surface area (Å²) in [5.74, 6) is 0. The Labute approximate surface area is 399 Å². The zero-order valence-electron chi connectivity index (χ0n) is 42.2. The van der Waals surface area contributed by atoms with Gasteiger partial charge in [-0.1, -0.05) is 231 Å². The molecule has 1 aliphatic rings. The SMILES string of the molecule is C(=Cc1ccccc1)c1ccccc1.Cc1cc(C)c(C)c(C)c1.Cc1ccc(B2c3c(C)cc(C)cc3Cc3cc(C)cc(C)c32)cc1.Cc1ccc(Cc2c(C)cc(C)cc2C)cc1. The molecular weight excluding hydrogens is 792 g/mol. The molecule has 0 aromatic heterocycles. The molecule has 1 heterocycles. The average Bonchev–Trinajstić information content (AvgIpc) is 3.27. The van der Waals surface area contributed by atoms with E-state index in [9.17, 15) is 0 Å². The van der Waals surface area contributed by atoms with E-state index in [4.69, 9.17) is 0 Å². The Balaban J connectivity index is 0.000000154. The van der Waals surface area contributed by atoms with E-state index in [1.807, 2.05) is 36.4 Å². The van der Waals surface area contributed by atoms with Crippen LogP contribution in [0.5, 0.6) is 0 Å². The van der Waals surface area contributed by atoms with Crippen LogP contribution < -0.4 is 16.4 Å². The van der Waals surface area contributed by atoms with E-state index in [1.165, 1.54) is 122 Å². The molecule has 8 aromatic carbocycles. The first kappa shape index (κ1) is 49.0. The number of aryl methyl sites for hydroxylation is 12. The highest BCUT2D eigenvalue weighted by atomic mass is 14.2. The summed E-state index contributed by atoms with van der Waals surface area (Å²) in [6, 6.07) is 57.1. The van der Waals surface area contributed by atoms with Crippen molar-refractivity contribution in [2.75, 3.05) is 0 Å². The van der Waals surface area contributed by atoms with Crippen LogP contribution in [0.2, 0.25) is 0 Å². The monoisotopic (exact) mass is 863 g/mol. The molecule has 0 nitrogen and oxygen atoms in total. The predicted molar refractivity (Wildman–Crippen MR) is 292 cm³/mol. The van der Waals surface area contributed by atoms with Crippen LogP contribution in [0.15, 0.2) is 158 Å². The average molecular weight is 863 g/mol. The third-order valence-corrected chi connectivity index (χ3v) is 13.1. The Hall–Kier alpha value is -6.44. The Morgan fingerprint density at radius 3 is 1.15 bits per heavy atom. The fourth-order valence-corrected chi connectivity index (χ4v) is 9.67. The van der Waals surface area contributed by atoms with Gasteiger partial charge in [0.25, 0.3) is 0 Å². The lowest BCUT2D eigenvalue weighted by Crippen LogP contribution is -2.58. The summed E-state index contributed by atoms with van der Waals surface area (Å²) < 4.78 is 0. The van der Waals surface area contributed by atoms with Crippen LogP contribution >= 0.6 is 0 Å². The summed E-state index contributed by atoms with van der Waals surface area (Å²) in [5.41, 5.74) is 30.8. The van der Waals surface area contributed by atoms with Gasteiger partial charge in [-0.2, -0.15) is 0 Å². The van der Waals surface area contributed by atoms with Crippen molar-refractivity contribution in [3.8, 4) is 0 Å². The largest absolute Gasteiger partial charge is 0.242 e. The van der Waals surface area contributed by atoms with Gasteiger partial charge < -0.3 is 0 Å². The van der Waals surface area contributed by atoms with Crippen LogP contribution in [0.25, 0.3) is 12.2 Å². The lowest BCUT2D eigenvalue weighted by atomic mass is 9.32. The van der Waals surface area contributed by atoms with Crippen molar-refractivity contribution in [3.63, 3.8) is 0 Å². The first-order chi connectivity index (χ1) is 31.6. The Morgan fingerprint density at radius 2 is 0.727 bits per heavy atom. The van der Waals surface area contributed by atoms with Crippen LogP contribution in [-0.2, 0) is 12.8 Å². The second kappa shape index (κ2) is 22.6. The van der Waals surface area contributed by atoms with Gasteiger partial charge in [-0.25, -0.2) is 0 Å².